The van der Waals surface area contributed by atoms with Gasteiger partial charge >= 0.3 is 0 Å². The zero-order valence-corrected chi connectivity index (χ0v) is 14.1. The molecule has 132 valence electrons. The number of fused-ring (bicyclic) bond motifs is 1. The summed E-state index contributed by atoms with van der Waals surface area (Å²) >= 11 is 0. The fourth-order valence-corrected chi connectivity index (χ4v) is 2.71. The highest BCUT2D eigenvalue weighted by atomic mass is 19.1. The van der Waals surface area contributed by atoms with Crippen LogP contribution >= 0.6 is 0 Å². The number of nitrogens with one attached hydrogen (secondary N) is 2. The molecule has 0 unspecified atom stereocenters. The molecule has 5 nitrogen and oxygen atoms in total. The van der Waals surface area contributed by atoms with Gasteiger partial charge in [0, 0.05) is 25.6 Å². The summed E-state index contributed by atoms with van der Waals surface area (Å²) < 4.78 is 18.9. The van der Waals surface area contributed by atoms with Gasteiger partial charge in [0.1, 0.15) is 23.2 Å². The van der Waals surface area contributed by atoms with Gasteiger partial charge in [-0.25, -0.2) is 4.39 Å². The van der Waals surface area contributed by atoms with Crippen molar-refractivity contribution in [2.75, 3.05) is 25.0 Å². The molecule has 0 aromatic heterocycles. The van der Waals surface area contributed by atoms with E-state index in [1.807, 2.05) is 24.3 Å². The minimum Gasteiger partial charge on any atom is -0.493 e. The minimum atomic E-state index is -0.566. The highest BCUT2D eigenvalue weighted by Crippen LogP contribution is 2.26. The molecule has 2 aromatic rings. The fraction of sp³-hybridized carbons (Fsp3) is 0.200. The third-order valence-corrected chi connectivity index (χ3v) is 4.01. The van der Waals surface area contributed by atoms with Crippen molar-refractivity contribution in [1.82, 2.24) is 5.32 Å². The molecule has 2 N–H and O–H groups in total. The predicted molar refractivity (Wildman–Crippen MR) is 97.3 cm³/mol. The van der Waals surface area contributed by atoms with Gasteiger partial charge < -0.3 is 15.4 Å². The number of carbonyl (C=O) groups excluding carboxylic acids is 1. The largest absolute Gasteiger partial charge is 0.493 e. The van der Waals surface area contributed by atoms with E-state index in [1.54, 1.807) is 12.1 Å². The van der Waals surface area contributed by atoms with E-state index >= 15 is 0 Å². The zero-order valence-electron chi connectivity index (χ0n) is 14.1. The van der Waals surface area contributed by atoms with Crippen molar-refractivity contribution >= 4 is 17.7 Å². The van der Waals surface area contributed by atoms with Gasteiger partial charge in [0.25, 0.3) is 0 Å². The van der Waals surface area contributed by atoms with E-state index in [-0.39, 0.29) is 11.5 Å². The molecule has 0 radical (unpaired) electrons. The first kappa shape index (κ1) is 17.5. The number of halogens is 1. The van der Waals surface area contributed by atoms with Crippen LogP contribution in [0.4, 0.5) is 10.1 Å². The van der Waals surface area contributed by atoms with Gasteiger partial charge in [0.2, 0.25) is 5.91 Å². The molecule has 0 fully saturated rings. The molecule has 1 amide bonds. The summed E-state index contributed by atoms with van der Waals surface area (Å²) in [6.07, 6.45) is 4.11. The van der Waals surface area contributed by atoms with Crippen molar-refractivity contribution in [3.63, 3.8) is 0 Å². The van der Waals surface area contributed by atoms with E-state index in [2.05, 4.69) is 10.6 Å². The molecule has 1 aliphatic rings. The van der Waals surface area contributed by atoms with Crippen LogP contribution in [-0.2, 0) is 11.2 Å². The molecule has 6 heteroatoms. The molecule has 1 aliphatic heterocycles. The van der Waals surface area contributed by atoms with Gasteiger partial charge in [0.15, 0.2) is 0 Å². The number of rotatable bonds is 6. The number of nitrogens with zero attached hydrogens (tertiary/aromatic N) is 1. The Kier molecular flexibility index (Phi) is 5.49. The first-order chi connectivity index (χ1) is 12.7. The van der Waals surface area contributed by atoms with Gasteiger partial charge in [0.05, 0.1) is 12.3 Å². The second-order valence-electron chi connectivity index (χ2n) is 5.79. The van der Waals surface area contributed by atoms with Crippen molar-refractivity contribution < 1.29 is 13.9 Å². The molecule has 26 heavy (non-hydrogen) atoms. The molecule has 0 atom stereocenters. The van der Waals surface area contributed by atoms with E-state index < -0.39 is 5.82 Å². The minimum absolute atomic E-state index is 0.0284. The molecule has 0 aliphatic carbocycles. The van der Waals surface area contributed by atoms with Crippen molar-refractivity contribution in [3.8, 4) is 11.8 Å². The van der Waals surface area contributed by atoms with Gasteiger partial charge in [-0.3, -0.25) is 4.79 Å². The first-order valence-corrected chi connectivity index (χ1v) is 8.31. The monoisotopic (exact) mass is 351 g/mol. The maximum absolute atomic E-state index is 13.5. The lowest BCUT2D eigenvalue weighted by Gasteiger charge is -2.08. The molecule has 3 rings (SSSR count). The number of hydrogen-bond acceptors (Lipinski definition) is 4. The summed E-state index contributed by atoms with van der Waals surface area (Å²) in [4.78, 5) is 11.9. The Morgan fingerprint density at radius 3 is 3.04 bits per heavy atom. The lowest BCUT2D eigenvalue weighted by Crippen LogP contribution is -2.27. The molecule has 1 heterocycles. The van der Waals surface area contributed by atoms with Crippen LogP contribution in [0.25, 0.3) is 6.08 Å². The Hall–Kier alpha value is -3.33. The Balaban J connectivity index is 1.46. The molecule has 0 saturated carbocycles. The van der Waals surface area contributed by atoms with Crippen molar-refractivity contribution in [1.29, 1.82) is 5.26 Å². The number of amides is 1. The van der Waals surface area contributed by atoms with Crippen LogP contribution in [0.3, 0.4) is 0 Å². The van der Waals surface area contributed by atoms with Crippen molar-refractivity contribution in [2.24, 2.45) is 0 Å². The Morgan fingerprint density at radius 1 is 1.31 bits per heavy atom. The highest BCUT2D eigenvalue weighted by molar-refractivity contribution is 5.91. The summed E-state index contributed by atoms with van der Waals surface area (Å²) in [6, 6.07) is 12.1. The van der Waals surface area contributed by atoms with Crippen LogP contribution < -0.4 is 15.4 Å². The van der Waals surface area contributed by atoms with E-state index in [4.69, 9.17) is 10.00 Å². The normalized spacial score (nSPS) is 12.3. The van der Waals surface area contributed by atoms with Crippen molar-refractivity contribution in [2.45, 2.75) is 6.42 Å². The number of nitriles is 1. The van der Waals surface area contributed by atoms with E-state index in [0.29, 0.717) is 25.4 Å². The van der Waals surface area contributed by atoms with Gasteiger partial charge in [-0.2, -0.15) is 5.26 Å². The third-order valence-electron chi connectivity index (χ3n) is 4.01. The zero-order chi connectivity index (χ0) is 18.4. The van der Waals surface area contributed by atoms with Crippen LogP contribution in [-0.4, -0.2) is 25.6 Å². The number of ether oxygens (including phenoxy) is 1. The van der Waals surface area contributed by atoms with Gasteiger partial charge in [-0.1, -0.05) is 12.1 Å². The highest BCUT2D eigenvalue weighted by Gasteiger charge is 2.11. The smallest absolute Gasteiger partial charge is 0.244 e. The average molecular weight is 351 g/mol. The van der Waals surface area contributed by atoms with Crippen molar-refractivity contribution in [3.05, 3.63) is 65.0 Å². The van der Waals surface area contributed by atoms with Crippen LogP contribution in [0.1, 0.15) is 16.7 Å². The Labute approximate surface area is 151 Å². The SMILES string of the molecule is N#Cc1c(F)cccc1NCCNC(=O)/C=C/c1ccc2c(c1)CCO2. The molecular weight excluding hydrogens is 333 g/mol. The lowest BCUT2D eigenvalue weighted by molar-refractivity contribution is -0.116. The van der Waals surface area contributed by atoms with E-state index in [9.17, 15) is 9.18 Å². The number of carbonyl (C=O) groups is 1. The Bertz CT molecular complexity index is 887. The lowest BCUT2D eigenvalue weighted by atomic mass is 10.1. The average Bonchev–Trinajstić information content (AvgIpc) is 3.11. The molecule has 0 spiro atoms. The fourth-order valence-electron chi connectivity index (χ4n) is 2.71. The number of hydrogen-bond donors (Lipinski definition) is 2. The van der Waals surface area contributed by atoms with Gasteiger partial charge in [-0.05, 0) is 41.5 Å². The maximum Gasteiger partial charge on any atom is 0.244 e. The summed E-state index contributed by atoms with van der Waals surface area (Å²) in [7, 11) is 0. The van der Waals surface area contributed by atoms with Gasteiger partial charge in [-0.15, -0.1) is 0 Å². The molecule has 0 saturated heterocycles. The van der Waals surface area contributed by atoms with Crippen LogP contribution in [0.2, 0.25) is 0 Å². The van der Waals surface area contributed by atoms with Crippen LogP contribution in [0.5, 0.6) is 5.75 Å². The molecule has 0 bridgehead atoms. The van der Waals surface area contributed by atoms with E-state index in [0.717, 1.165) is 23.3 Å². The quantitative estimate of drug-likeness (QED) is 0.620. The summed E-state index contributed by atoms with van der Waals surface area (Å²) in [6.45, 7) is 1.44. The molecular formula is C20H18FN3O2. The topological polar surface area (TPSA) is 74.2 Å². The van der Waals surface area contributed by atoms with E-state index in [1.165, 1.54) is 18.2 Å². The maximum atomic E-state index is 13.5. The number of anilines is 1. The summed E-state index contributed by atoms with van der Waals surface area (Å²) in [5.74, 6) is 0.124. The Morgan fingerprint density at radius 2 is 2.19 bits per heavy atom. The molecule has 2 aromatic carbocycles. The first-order valence-electron chi connectivity index (χ1n) is 8.31. The standard InChI is InChI=1S/C20H18FN3O2/c21-17-2-1-3-18(16(17)13-22)23-9-10-24-20(25)7-5-14-4-6-19-15(12-14)8-11-26-19/h1-7,12,23H,8-11H2,(H,24,25)/b7-5+. The second kappa shape index (κ2) is 8.17. The predicted octanol–water partition coefficient (Wildman–Crippen LogP) is 2.87. The third kappa shape index (κ3) is 4.19. The summed E-state index contributed by atoms with van der Waals surface area (Å²) in [5, 5.41) is 14.6. The number of benzene rings is 2. The van der Waals surface area contributed by atoms with Crippen LogP contribution in [0, 0.1) is 17.1 Å². The summed E-state index contributed by atoms with van der Waals surface area (Å²) in [5.41, 5.74) is 2.48. The van der Waals surface area contributed by atoms with Crippen LogP contribution in [0.15, 0.2) is 42.5 Å². The second-order valence-corrected chi connectivity index (χ2v) is 5.79.